The summed E-state index contributed by atoms with van der Waals surface area (Å²) in [6.45, 7) is 0.476. The number of nitrogens with zero attached hydrogens (tertiary/aromatic N) is 3. The maximum atomic E-state index is 12.6. The van der Waals surface area contributed by atoms with Crippen molar-refractivity contribution in [2.75, 3.05) is 25.7 Å². The maximum absolute atomic E-state index is 12.6. The zero-order chi connectivity index (χ0) is 18.8. The van der Waals surface area contributed by atoms with Crippen molar-refractivity contribution in [2.24, 2.45) is 0 Å². The molecule has 27 heavy (non-hydrogen) atoms. The second-order valence-corrected chi connectivity index (χ2v) is 6.24. The first-order valence-electron chi connectivity index (χ1n) is 8.61. The molecule has 7 nitrogen and oxygen atoms in total. The number of hydrogen-bond donors (Lipinski definition) is 0. The summed E-state index contributed by atoms with van der Waals surface area (Å²) < 4.78 is 16.2. The van der Waals surface area contributed by atoms with Gasteiger partial charge in [0.25, 0.3) is 5.89 Å². The second-order valence-electron chi connectivity index (χ2n) is 6.24. The van der Waals surface area contributed by atoms with E-state index >= 15 is 0 Å². The van der Waals surface area contributed by atoms with Gasteiger partial charge in [0.1, 0.15) is 11.5 Å². The molecule has 1 unspecified atom stereocenters. The molecule has 1 amide bonds. The predicted molar refractivity (Wildman–Crippen MR) is 99.0 cm³/mol. The van der Waals surface area contributed by atoms with Crippen LogP contribution in [0.3, 0.4) is 0 Å². The van der Waals surface area contributed by atoms with Gasteiger partial charge < -0.3 is 18.9 Å². The first-order valence-corrected chi connectivity index (χ1v) is 8.61. The van der Waals surface area contributed by atoms with Crippen LogP contribution >= 0.6 is 0 Å². The zero-order valence-electron chi connectivity index (χ0n) is 15.1. The number of rotatable bonds is 5. The molecule has 0 bridgehead atoms. The number of ether oxygens (including phenoxy) is 2. The number of benzene rings is 2. The van der Waals surface area contributed by atoms with Crippen molar-refractivity contribution in [2.45, 2.75) is 12.3 Å². The Morgan fingerprint density at radius 1 is 1.04 bits per heavy atom. The molecule has 1 saturated heterocycles. The molecule has 1 aliphatic rings. The van der Waals surface area contributed by atoms with Crippen LogP contribution in [0.5, 0.6) is 11.5 Å². The largest absolute Gasteiger partial charge is 0.496 e. The molecule has 0 aliphatic carbocycles. The Bertz CT molecular complexity index is 969. The molecule has 0 N–H and O–H groups in total. The van der Waals surface area contributed by atoms with Crippen molar-refractivity contribution in [3.8, 4) is 23.0 Å². The third-order valence-electron chi connectivity index (χ3n) is 4.65. The Morgan fingerprint density at radius 2 is 1.74 bits per heavy atom. The Labute approximate surface area is 156 Å². The van der Waals surface area contributed by atoms with Crippen LogP contribution in [0.1, 0.15) is 18.2 Å². The number of amides is 1. The first kappa shape index (κ1) is 17.1. The molecule has 0 saturated carbocycles. The number of para-hydroxylation sites is 3. The highest BCUT2D eigenvalue weighted by atomic mass is 16.5. The van der Waals surface area contributed by atoms with Gasteiger partial charge in [-0.05, 0) is 24.3 Å². The van der Waals surface area contributed by atoms with Gasteiger partial charge in [-0.3, -0.25) is 4.79 Å². The minimum atomic E-state index is -0.144. The average molecular weight is 365 g/mol. The second kappa shape index (κ2) is 7.11. The lowest BCUT2D eigenvalue weighted by Crippen LogP contribution is -2.24. The van der Waals surface area contributed by atoms with Crippen molar-refractivity contribution in [1.82, 2.24) is 10.1 Å². The Hall–Kier alpha value is -3.35. The zero-order valence-corrected chi connectivity index (χ0v) is 15.1. The van der Waals surface area contributed by atoms with Crippen LogP contribution in [-0.4, -0.2) is 36.8 Å². The topological polar surface area (TPSA) is 77.7 Å². The van der Waals surface area contributed by atoms with Gasteiger partial charge in [-0.25, -0.2) is 0 Å². The maximum Gasteiger partial charge on any atom is 0.261 e. The molecule has 0 spiro atoms. The summed E-state index contributed by atoms with van der Waals surface area (Å²) in [6.07, 6.45) is 0.322. The smallest absolute Gasteiger partial charge is 0.261 e. The fraction of sp³-hybridized carbons (Fsp3) is 0.250. The van der Waals surface area contributed by atoms with Crippen LogP contribution in [0.15, 0.2) is 53.1 Å². The van der Waals surface area contributed by atoms with Crippen molar-refractivity contribution >= 4 is 11.6 Å². The van der Waals surface area contributed by atoms with E-state index in [-0.39, 0.29) is 11.8 Å². The molecule has 2 aromatic carbocycles. The van der Waals surface area contributed by atoms with Gasteiger partial charge in [0.2, 0.25) is 5.91 Å². The summed E-state index contributed by atoms with van der Waals surface area (Å²) in [7, 11) is 3.19. The number of carbonyl (C=O) groups is 1. The van der Waals surface area contributed by atoms with Gasteiger partial charge in [0.05, 0.1) is 25.5 Å². The molecule has 0 radical (unpaired) electrons. The molecule has 1 aliphatic heterocycles. The summed E-state index contributed by atoms with van der Waals surface area (Å²) in [5.41, 5.74) is 1.48. The molecule has 3 aromatic rings. The van der Waals surface area contributed by atoms with E-state index in [9.17, 15) is 4.79 Å². The van der Waals surface area contributed by atoms with Crippen molar-refractivity contribution < 1.29 is 18.8 Å². The van der Waals surface area contributed by atoms with E-state index < -0.39 is 0 Å². The number of aromatic nitrogens is 2. The van der Waals surface area contributed by atoms with E-state index in [0.717, 1.165) is 11.3 Å². The van der Waals surface area contributed by atoms with Gasteiger partial charge >= 0.3 is 0 Å². The van der Waals surface area contributed by atoms with Crippen molar-refractivity contribution in [3.63, 3.8) is 0 Å². The third-order valence-corrected chi connectivity index (χ3v) is 4.65. The summed E-state index contributed by atoms with van der Waals surface area (Å²) in [6, 6.07) is 14.9. The molecule has 2 heterocycles. The van der Waals surface area contributed by atoms with Crippen molar-refractivity contribution in [3.05, 3.63) is 54.4 Å². The standard InChI is InChI=1S/C20H19N3O4/c1-25-16-9-5-3-7-14(16)20-21-19(22-27-20)13-11-18(24)23(12-13)15-8-4-6-10-17(15)26-2/h3-10,13H,11-12H2,1-2H3. The highest BCUT2D eigenvalue weighted by Gasteiger charge is 2.35. The van der Waals surface area contributed by atoms with E-state index in [1.54, 1.807) is 19.1 Å². The Balaban J connectivity index is 1.59. The van der Waals surface area contributed by atoms with Gasteiger partial charge in [0, 0.05) is 18.9 Å². The van der Waals surface area contributed by atoms with Crippen molar-refractivity contribution in [1.29, 1.82) is 0 Å². The summed E-state index contributed by atoms with van der Waals surface area (Å²) >= 11 is 0. The van der Waals surface area contributed by atoms with Gasteiger partial charge in [-0.2, -0.15) is 4.98 Å². The molecular weight excluding hydrogens is 346 g/mol. The Morgan fingerprint density at radius 3 is 2.52 bits per heavy atom. The SMILES string of the molecule is COc1ccccc1-c1nc(C2CC(=O)N(c3ccccc3OC)C2)no1. The number of carbonyl (C=O) groups excluding carboxylic acids is 1. The summed E-state index contributed by atoms with van der Waals surface area (Å²) in [5.74, 6) is 2.08. The Kier molecular flexibility index (Phi) is 4.50. The number of anilines is 1. The van der Waals surface area contributed by atoms with Gasteiger partial charge in [-0.1, -0.05) is 29.4 Å². The third kappa shape index (κ3) is 3.12. The van der Waals surface area contributed by atoms with Crippen LogP contribution in [0.4, 0.5) is 5.69 Å². The minimum absolute atomic E-state index is 0.00754. The van der Waals surface area contributed by atoms with E-state index in [2.05, 4.69) is 10.1 Å². The fourth-order valence-corrected chi connectivity index (χ4v) is 3.30. The lowest BCUT2D eigenvalue weighted by Gasteiger charge is -2.18. The number of methoxy groups -OCH3 is 2. The van der Waals surface area contributed by atoms with E-state index in [1.165, 1.54) is 0 Å². The number of hydrogen-bond acceptors (Lipinski definition) is 6. The van der Waals surface area contributed by atoms with Crippen LogP contribution < -0.4 is 14.4 Å². The lowest BCUT2D eigenvalue weighted by molar-refractivity contribution is -0.117. The van der Waals surface area contributed by atoms with Crippen LogP contribution in [0.2, 0.25) is 0 Å². The fourth-order valence-electron chi connectivity index (χ4n) is 3.30. The monoisotopic (exact) mass is 365 g/mol. The average Bonchev–Trinajstić information content (AvgIpc) is 3.34. The highest BCUT2D eigenvalue weighted by molar-refractivity contribution is 5.97. The van der Waals surface area contributed by atoms with Crippen LogP contribution in [-0.2, 0) is 4.79 Å². The predicted octanol–water partition coefficient (Wildman–Crippen LogP) is 3.27. The summed E-state index contributed by atoms with van der Waals surface area (Å²) in [4.78, 5) is 18.8. The van der Waals surface area contributed by atoms with E-state index in [0.29, 0.717) is 36.2 Å². The minimum Gasteiger partial charge on any atom is -0.496 e. The lowest BCUT2D eigenvalue weighted by atomic mass is 10.1. The van der Waals surface area contributed by atoms with E-state index in [4.69, 9.17) is 14.0 Å². The van der Waals surface area contributed by atoms with Crippen LogP contribution in [0.25, 0.3) is 11.5 Å². The molecule has 1 aromatic heterocycles. The highest BCUT2D eigenvalue weighted by Crippen LogP contribution is 2.36. The molecule has 7 heteroatoms. The molecule has 4 rings (SSSR count). The normalized spacial score (nSPS) is 16.6. The molecule has 138 valence electrons. The van der Waals surface area contributed by atoms with Gasteiger partial charge in [-0.15, -0.1) is 0 Å². The quantitative estimate of drug-likeness (QED) is 0.691. The van der Waals surface area contributed by atoms with Crippen LogP contribution in [0, 0.1) is 0 Å². The summed E-state index contributed by atoms with van der Waals surface area (Å²) in [5, 5.41) is 4.10. The molecular formula is C20H19N3O4. The van der Waals surface area contributed by atoms with Gasteiger partial charge in [0.15, 0.2) is 5.82 Å². The first-order chi connectivity index (χ1) is 13.2. The van der Waals surface area contributed by atoms with E-state index in [1.807, 2.05) is 48.5 Å². The molecule has 1 fully saturated rings. The molecule has 1 atom stereocenters.